The molecule has 0 aliphatic carbocycles. The first-order valence-electron chi connectivity index (χ1n) is 6.69. The molecular formula is C15H26N2O. The summed E-state index contributed by atoms with van der Waals surface area (Å²) in [6.45, 7) is 10.5. The van der Waals surface area contributed by atoms with Gasteiger partial charge in [0.1, 0.15) is 5.75 Å². The van der Waals surface area contributed by atoms with E-state index in [1.165, 1.54) is 5.56 Å². The van der Waals surface area contributed by atoms with Gasteiger partial charge in [-0.25, -0.2) is 0 Å². The fraction of sp³-hybridized carbons (Fsp3) is 0.600. The van der Waals surface area contributed by atoms with Crippen LogP contribution in [0, 0.1) is 0 Å². The Morgan fingerprint density at radius 1 is 1.11 bits per heavy atom. The first-order valence-corrected chi connectivity index (χ1v) is 6.69. The molecule has 2 N–H and O–H groups in total. The van der Waals surface area contributed by atoms with Crippen LogP contribution in [0.1, 0.15) is 39.2 Å². The molecule has 0 fully saturated rings. The highest BCUT2D eigenvalue weighted by molar-refractivity contribution is 5.58. The number of anilines is 1. The van der Waals surface area contributed by atoms with Gasteiger partial charge in [0.05, 0.1) is 12.8 Å². The van der Waals surface area contributed by atoms with Gasteiger partial charge in [0, 0.05) is 19.1 Å². The van der Waals surface area contributed by atoms with Crippen molar-refractivity contribution in [3.8, 4) is 5.75 Å². The third kappa shape index (κ3) is 4.57. The molecule has 0 unspecified atom stereocenters. The lowest BCUT2D eigenvalue weighted by molar-refractivity contribution is 0.415. The van der Waals surface area contributed by atoms with Crippen molar-refractivity contribution in [2.45, 2.75) is 39.7 Å². The topological polar surface area (TPSA) is 33.3 Å². The van der Waals surface area contributed by atoms with E-state index in [2.05, 4.69) is 56.5 Å². The molecule has 1 aromatic rings. The van der Waals surface area contributed by atoms with Crippen LogP contribution in [0.4, 0.5) is 5.69 Å². The number of benzene rings is 1. The minimum absolute atomic E-state index is 0.524. The Labute approximate surface area is 111 Å². The molecule has 0 radical (unpaired) electrons. The molecule has 0 amide bonds. The zero-order chi connectivity index (χ0) is 13.5. The molecule has 0 spiro atoms. The Balaban J connectivity index is 2.59. The van der Waals surface area contributed by atoms with E-state index in [1.54, 1.807) is 7.11 Å². The maximum Gasteiger partial charge on any atom is 0.142 e. The molecule has 0 bridgehead atoms. The summed E-state index contributed by atoms with van der Waals surface area (Å²) in [6, 6.07) is 6.90. The number of ether oxygens (including phenoxy) is 1. The van der Waals surface area contributed by atoms with E-state index >= 15 is 0 Å². The van der Waals surface area contributed by atoms with Crippen LogP contribution in [0.2, 0.25) is 0 Å². The Kier molecular flexibility index (Phi) is 5.99. The minimum atomic E-state index is 0.524. The predicted octanol–water partition coefficient (Wildman–Crippen LogP) is 3.23. The van der Waals surface area contributed by atoms with Gasteiger partial charge in [-0.05, 0) is 23.6 Å². The highest BCUT2D eigenvalue weighted by Gasteiger charge is 2.06. The van der Waals surface area contributed by atoms with Crippen LogP contribution in [-0.4, -0.2) is 26.2 Å². The summed E-state index contributed by atoms with van der Waals surface area (Å²) >= 11 is 0. The quantitative estimate of drug-likeness (QED) is 0.729. The fourth-order valence-corrected chi connectivity index (χ4v) is 1.77. The highest BCUT2D eigenvalue weighted by atomic mass is 16.5. The number of rotatable bonds is 7. The smallest absolute Gasteiger partial charge is 0.142 e. The van der Waals surface area contributed by atoms with E-state index < -0.39 is 0 Å². The van der Waals surface area contributed by atoms with Crippen LogP contribution in [0.25, 0.3) is 0 Å². The van der Waals surface area contributed by atoms with E-state index in [4.69, 9.17) is 4.74 Å². The molecule has 1 rings (SSSR count). The van der Waals surface area contributed by atoms with E-state index in [9.17, 15) is 0 Å². The van der Waals surface area contributed by atoms with E-state index in [-0.39, 0.29) is 0 Å². The molecule has 0 aromatic heterocycles. The average molecular weight is 250 g/mol. The summed E-state index contributed by atoms with van der Waals surface area (Å²) in [7, 11) is 1.72. The molecule has 0 atom stereocenters. The largest absolute Gasteiger partial charge is 0.495 e. The van der Waals surface area contributed by atoms with Crippen molar-refractivity contribution in [3.63, 3.8) is 0 Å². The summed E-state index contributed by atoms with van der Waals surface area (Å²) in [5.41, 5.74) is 2.37. The first kappa shape index (κ1) is 14.8. The Morgan fingerprint density at radius 2 is 1.83 bits per heavy atom. The van der Waals surface area contributed by atoms with Crippen molar-refractivity contribution < 1.29 is 4.74 Å². The lowest BCUT2D eigenvalue weighted by Crippen LogP contribution is -2.28. The van der Waals surface area contributed by atoms with E-state index in [1.807, 2.05) is 0 Å². The molecule has 0 aliphatic heterocycles. The van der Waals surface area contributed by atoms with Crippen LogP contribution in [0.3, 0.4) is 0 Å². The van der Waals surface area contributed by atoms with Gasteiger partial charge in [-0.2, -0.15) is 0 Å². The molecule has 18 heavy (non-hydrogen) atoms. The fourth-order valence-electron chi connectivity index (χ4n) is 1.77. The molecule has 0 saturated heterocycles. The average Bonchev–Trinajstić information content (AvgIpc) is 2.34. The van der Waals surface area contributed by atoms with Crippen molar-refractivity contribution >= 4 is 5.69 Å². The zero-order valence-corrected chi connectivity index (χ0v) is 12.2. The summed E-state index contributed by atoms with van der Waals surface area (Å²) in [6.07, 6.45) is 0. The maximum atomic E-state index is 5.43. The van der Waals surface area contributed by atoms with Gasteiger partial charge in [-0.15, -0.1) is 0 Å². The Bertz CT molecular complexity index is 362. The van der Waals surface area contributed by atoms with Crippen LogP contribution in [0.5, 0.6) is 5.75 Å². The normalized spacial score (nSPS) is 11.1. The van der Waals surface area contributed by atoms with Crippen molar-refractivity contribution in [3.05, 3.63) is 23.8 Å². The third-order valence-corrected chi connectivity index (χ3v) is 2.89. The van der Waals surface area contributed by atoms with Gasteiger partial charge in [-0.3, -0.25) is 0 Å². The van der Waals surface area contributed by atoms with E-state index in [0.29, 0.717) is 12.0 Å². The second-order valence-corrected chi connectivity index (χ2v) is 5.15. The Morgan fingerprint density at radius 3 is 2.39 bits per heavy atom. The molecule has 1 aromatic carbocycles. The summed E-state index contributed by atoms with van der Waals surface area (Å²) in [5, 5.41) is 6.78. The van der Waals surface area contributed by atoms with Crippen LogP contribution in [0.15, 0.2) is 18.2 Å². The molecule has 0 aliphatic rings. The summed E-state index contributed by atoms with van der Waals surface area (Å²) in [5.74, 6) is 1.45. The maximum absolute atomic E-state index is 5.43. The first-order chi connectivity index (χ1) is 8.54. The number of methoxy groups -OCH3 is 1. The zero-order valence-electron chi connectivity index (χ0n) is 12.2. The van der Waals surface area contributed by atoms with Gasteiger partial charge in [0.25, 0.3) is 0 Å². The number of hydrogen-bond acceptors (Lipinski definition) is 3. The van der Waals surface area contributed by atoms with Gasteiger partial charge in [0.2, 0.25) is 0 Å². The summed E-state index contributed by atoms with van der Waals surface area (Å²) in [4.78, 5) is 0. The van der Waals surface area contributed by atoms with Gasteiger partial charge in [0.15, 0.2) is 0 Å². The van der Waals surface area contributed by atoms with Crippen molar-refractivity contribution in [2.24, 2.45) is 0 Å². The molecule has 0 saturated carbocycles. The number of hydrogen-bond donors (Lipinski definition) is 2. The standard InChI is InChI=1S/C15H26N2O/c1-11(2)13-6-7-14(15(10-13)18-5)17-9-8-16-12(3)4/h6-7,10-12,16-17H,8-9H2,1-5H3. The highest BCUT2D eigenvalue weighted by Crippen LogP contribution is 2.28. The van der Waals surface area contributed by atoms with Crippen molar-refractivity contribution in [1.29, 1.82) is 0 Å². The van der Waals surface area contributed by atoms with Crippen LogP contribution < -0.4 is 15.4 Å². The Hall–Kier alpha value is -1.22. The van der Waals surface area contributed by atoms with Gasteiger partial charge >= 0.3 is 0 Å². The lowest BCUT2D eigenvalue weighted by Gasteiger charge is -2.15. The van der Waals surface area contributed by atoms with Crippen LogP contribution in [-0.2, 0) is 0 Å². The molecule has 0 heterocycles. The minimum Gasteiger partial charge on any atom is -0.495 e. The van der Waals surface area contributed by atoms with Gasteiger partial charge in [-0.1, -0.05) is 33.8 Å². The molecule has 102 valence electrons. The summed E-state index contributed by atoms with van der Waals surface area (Å²) < 4.78 is 5.43. The van der Waals surface area contributed by atoms with Crippen LogP contribution >= 0.6 is 0 Å². The number of nitrogens with one attached hydrogen (secondary N) is 2. The third-order valence-electron chi connectivity index (χ3n) is 2.89. The second kappa shape index (κ2) is 7.27. The second-order valence-electron chi connectivity index (χ2n) is 5.15. The van der Waals surface area contributed by atoms with Crippen molar-refractivity contribution in [1.82, 2.24) is 5.32 Å². The molecule has 3 nitrogen and oxygen atoms in total. The molecule has 3 heteroatoms. The lowest BCUT2D eigenvalue weighted by atomic mass is 10.0. The van der Waals surface area contributed by atoms with Crippen molar-refractivity contribution in [2.75, 3.05) is 25.5 Å². The SMILES string of the molecule is COc1cc(C(C)C)ccc1NCCNC(C)C. The van der Waals surface area contributed by atoms with E-state index in [0.717, 1.165) is 24.5 Å². The van der Waals surface area contributed by atoms with Gasteiger partial charge < -0.3 is 15.4 Å². The molecular weight excluding hydrogens is 224 g/mol. The predicted molar refractivity (Wildman–Crippen MR) is 78.7 cm³/mol. The monoisotopic (exact) mass is 250 g/mol.